The third kappa shape index (κ3) is 3.92. The van der Waals surface area contributed by atoms with Gasteiger partial charge in [-0.2, -0.15) is 0 Å². The van der Waals surface area contributed by atoms with E-state index in [2.05, 4.69) is 51.3 Å². The Bertz CT molecular complexity index is 715. The van der Waals surface area contributed by atoms with Gasteiger partial charge in [0.05, 0.1) is 6.17 Å². The number of halogens is 1. The van der Waals surface area contributed by atoms with Crippen LogP contribution in [0.25, 0.3) is 0 Å². The molecule has 23 heavy (non-hydrogen) atoms. The van der Waals surface area contributed by atoms with Crippen molar-refractivity contribution in [1.29, 1.82) is 0 Å². The fraction of sp³-hybridized carbons (Fsp3) is 0.278. The number of benzene rings is 2. The van der Waals surface area contributed by atoms with E-state index in [0.29, 0.717) is 6.42 Å². The highest BCUT2D eigenvalue weighted by atomic mass is 79.9. The molecule has 0 radical (unpaired) electrons. The maximum absolute atomic E-state index is 11.2. The average Bonchev–Trinajstić information content (AvgIpc) is 2.91. The molecule has 0 aliphatic carbocycles. The van der Waals surface area contributed by atoms with Crippen molar-refractivity contribution in [2.24, 2.45) is 0 Å². The van der Waals surface area contributed by atoms with Gasteiger partial charge in [-0.15, -0.1) is 0 Å². The molecule has 0 saturated carbocycles. The Labute approximate surface area is 144 Å². The van der Waals surface area contributed by atoms with Crippen molar-refractivity contribution >= 4 is 22.0 Å². The number of amides is 1. The minimum Gasteiger partial charge on any atom is -0.465 e. The van der Waals surface area contributed by atoms with Crippen molar-refractivity contribution in [2.45, 2.75) is 32.6 Å². The van der Waals surface area contributed by atoms with Gasteiger partial charge in [-0.05, 0) is 35.7 Å². The highest BCUT2D eigenvalue weighted by molar-refractivity contribution is 9.10. The van der Waals surface area contributed by atoms with Crippen LogP contribution < -0.4 is 5.32 Å². The number of hydrogen-bond acceptors (Lipinski definition) is 2. The second-order valence-corrected chi connectivity index (χ2v) is 6.89. The van der Waals surface area contributed by atoms with Gasteiger partial charge < -0.3 is 10.4 Å². The maximum atomic E-state index is 11.2. The lowest BCUT2D eigenvalue weighted by atomic mass is 10.1. The largest absolute Gasteiger partial charge is 0.465 e. The van der Waals surface area contributed by atoms with Crippen molar-refractivity contribution in [3.8, 4) is 0 Å². The van der Waals surface area contributed by atoms with Crippen LogP contribution in [0.4, 0.5) is 4.79 Å². The molecule has 2 aromatic carbocycles. The lowest BCUT2D eigenvalue weighted by molar-refractivity contribution is 0.140. The fourth-order valence-corrected chi connectivity index (χ4v) is 3.29. The average molecular weight is 375 g/mol. The number of fused-ring (bicyclic) bond motifs is 1. The zero-order valence-corrected chi connectivity index (χ0v) is 14.5. The summed E-state index contributed by atoms with van der Waals surface area (Å²) in [7, 11) is 0. The van der Waals surface area contributed by atoms with Crippen LogP contribution in [-0.2, 0) is 19.5 Å². The summed E-state index contributed by atoms with van der Waals surface area (Å²) in [6, 6.07) is 14.4. The summed E-state index contributed by atoms with van der Waals surface area (Å²) < 4.78 is 1.02. The molecule has 3 rings (SSSR count). The standard InChI is InChI=1S/C18H19BrN2O2/c1-12-2-5-14-10-21(11-15(14)8-12)17(20-18(22)23)9-13-3-6-16(19)7-4-13/h2-8,17,20H,9-11H2,1H3,(H,22,23). The Morgan fingerprint density at radius 1 is 1.22 bits per heavy atom. The molecule has 2 N–H and O–H groups in total. The molecule has 0 bridgehead atoms. The van der Waals surface area contributed by atoms with E-state index in [1.807, 2.05) is 24.3 Å². The lowest BCUT2D eigenvalue weighted by Crippen LogP contribution is -2.46. The molecule has 1 aliphatic rings. The van der Waals surface area contributed by atoms with Crippen LogP contribution in [0.2, 0.25) is 0 Å². The summed E-state index contributed by atoms with van der Waals surface area (Å²) in [5, 5.41) is 11.8. The monoisotopic (exact) mass is 374 g/mol. The normalized spacial score (nSPS) is 15.2. The molecule has 1 amide bonds. The Morgan fingerprint density at radius 2 is 1.91 bits per heavy atom. The topological polar surface area (TPSA) is 52.6 Å². The molecule has 1 atom stereocenters. The van der Waals surface area contributed by atoms with E-state index in [1.54, 1.807) is 0 Å². The van der Waals surface area contributed by atoms with Crippen LogP contribution in [0.3, 0.4) is 0 Å². The van der Waals surface area contributed by atoms with E-state index >= 15 is 0 Å². The molecule has 5 heteroatoms. The Kier molecular flexibility index (Phi) is 4.68. The molecule has 0 aromatic heterocycles. The van der Waals surface area contributed by atoms with Gasteiger partial charge in [0.15, 0.2) is 0 Å². The number of nitrogens with zero attached hydrogens (tertiary/aromatic N) is 1. The zero-order valence-electron chi connectivity index (χ0n) is 12.9. The van der Waals surface area contributed by atoms with Crippen LogP contribution in [0.1, 0.15) is 22.3 Å². The van der Waals surface area contributed by atoms with Gasteiger partial charge in [0.1, 0.15) is 0 Å². The van der Waals surface area contributed by atoms with Crippen LogP contribution in [0, 0.1) is 6.92 Å². The molecule has 0 fully saturated rings. The van der Waals surface area contributed by atoms with Crippen molar-refractivity contribution in [1.82, 2.24) is 10.2 Å². The highest BCUT2D eigenvalue weighted by Crippen LogP contribution is 2.26. The summed E-state index contributed by atoms with van der Waals surface area (Å²) in [5.74, 6) is 0. The number of carboxylic acid groups (broad SMARTS) is 1. The zero-order chi connectivity index (χ0) is 16.4. The second-order valence-electron chi connectivity index (χ2n) is 5.97. The predicted octanol–water partition coefficient (Wildman–Crippen LogP) is 3.91. The molecule has 120 valence electrons. The summed E-state index contributed by atoms with van der Waals surface area (Å²) in [5.41, 5.74) is 4.92. The van der Waals surface area contributed by atoms with Gasteiger partial charge >= 0.3 is 6.09 Å². The van der Waals surface area contributed by atoms with Crippen LogP contribution in [-0.4, -0.2) is 22.3 Å². The van der Waals surface area contributed by atoms with Crippen molar-refractivity contribution in [3.63, 3.8) is 0 Å². The van der Waals surface area contributed by atoms with Crippen LogP contribution >= 0.6 is 15.9 Å². The molecule has 1 unspecified atom stereocenters. The minimum atomic E-state index is -0.987. The van der Waals surface area contributed by atoms with Crippen molar-refractivity contribution in [3.05, 3.63) is 69.2 Å². The number of nitrogens with one attached hydrogen (secondary N) is 1. The third-order valence-electron chi connectivity index (χ3n) is 4.18. The maximum Gasteiger partial charge on any atom is 0.405 e. The Balaban J connectivity index is 1.77. The summed E-state index contributed by atoms with van der Waals surface area (Å²) in [4.78, 5) is 13.4. The predicted molar refractivity (Wildman–Crippen MR) is 93.2 cm³/mol. The molecule has 4 nitrogen and oxygen atoms in total. The molecular formula is C18H19BrN2O2. The van der Waals surface area contributed by atoms with Gasteiger partial charge in [0.2, 0.25) is 0 Å². The highest BCUT2D eigenvalue weighted by Gasteiger charge is 2.27. The van der Waals surface area contributed by atoms with Gasteiger partial charge in [-0.25, -0.2) is 4.79 Å². The third-order valence-corrected chi connectivity index (χ3v) is 4.71. The van der Waals surface area contributed by atoms with Gasteiger partial charge in [0, 0.05) is 24.0 Å². The van der Waals surface area contributed by atoms with Crippen molar-refractivity contribution < 1.29 is 9.90 Å². The summed E-state index contributed by atoms with van der Waals surface area (Å²) >= 11 is 3.42. The molecular weight excluding hydrogens is 356 g/mol. The first-order chi connectivity index (χ1) is 11.0. The molecule has 2 aromatic rings. The van der Waals surface area contributed by atoms with Gasteiger partial charge in [-0.1, -0.05) is 51.8 Å². The molecule has 0 saturated heterocycles. The fourth-order valence-electron chi connectivity index (χ4n) is 3.03. The number of hydrogen-bond donors (Lipinski definition) is 2. The number of carbonyl (C=O) groups is 1. The van der Waals surface area contributed by atoms with Crippen LogP contribution in [0.5, 0.6) is 0 Å². The van der Waals surface area contributed by atoms with E-state index in [9.17, 15) is 9.90 Å². The van der Waals surface area contributed by atoms with E-state index < -0.39 is 6.09 Å². The summed E-state index contributed by atoms with van der Waals surface area (Å²) in [6.07, 6.45) is -0.576. The molecule has 0 spiro atoms. The van der Waals surface area contributed by atoms with Crippen molar-refractivity contribution in [2.75, 3.05) is 0 Å². The minimum absolute atomic E-state index is 0.235. The van der Waals surface area contributed by atoms with Crippen LogP contribution in [0.15, 0.2) is 46.9 Å². The smallest absolute Gasteiger partial charge is 0.405 e. The lowest BCUT2D eigenvalue weighted by Gasteiger charge is -2.27. The van der Waals surface area contributed by atoms with Gasteiger partial charge in [-0.3, -0.25) is 4.90 Å². The Morgan fingerprint density at radius 3 is 2.61 bits per heavy atom. The number of rotatable bonds is 4. The molecule has 1 heterocycles. The van der Waals surface area contributed by atoms with E-state index in [1.165, 1.54) is 16.7 Å². The number of aryl methyl sites for hydroxylation is 1. The summed E-state index contributed by atoms with van der Waals surface area (Å²) in [6.45, 7) is 3.63. The van der Waals surface area contributed by atoms with E-state index in [0.717, 1.165) is 23.1 Å². The second kappa shape index (κ2) is 6.72. The first-order valence-electron chi connectivity index (χ1n) is 7.57. The Hall–Kier alpha value is -1.85. The van der Waals surface area contributed by atoms with E-state index in [4.69, 9.17) is 0 Å². The quantitative estimate of drug-likeness (QED) is 0.852. The van der Waals surface area contributed by atoms with E-state index in [-0.39, 0.29) is 6.17 Å². The first kappa shape index (κ1) is 16.0. The SMILES string of the molecule is Cc1ccc2c(c1)CN(C(Cc1ccc(Br)cc1)NC(=O)O)C2. The molecule has 1 aliphatic heterocycles. The van der Waals surface area contributed by atoms with Gasteiger partial charge in [0.25, 0.3) is 0 Å². The first-order valence-corrected chi connectivity index (χ1v) is 8.37.